The molecule has 2 aromatic carbocycles. The number of benzene rings is 2. The second-order valence-corrected chi connectivity index (χ2v) is 5.96. The van der Waals surface area contributed by atoms with Gasteiger partial charge in [-0.15, -0.1) is 11.6 Å². The molecule has 0 radical (unpaired) electrons. The molecular weight excluding hydrogens is 307 g/mol. The van der Waals surface area contributed by atoms with Gasteiger partial charge >= 0.3 is 0 Å². The maximum atomic E-state index is 10.4. The number of halogens is 2. The summed E-state index contributed by atoms with van der Waals surface area (Å²) in [5, 5.41) is 11.1. The Labute approximate surface area is 135 Å². The van der Waals surface area contributed by atoms with Crippen molar-refractivity contribution in [3.63, 3.8) is 0 Å². The second kappa shape index (κ2) is 7.17. The van der Waals surface area contributed by atoms with Crippen LogP contribution in [0.5, 0.6) is 11.5 Å². The SMILES string of the molecule is CC(O)(CCCCl)c1ccc(Oc2ccc(Cl)cc2)cc1. The van der Waals surface area contributed by atoms with Crippen LogP contribution in [0.2, 0.25) is 5.02 Å². The summed E-state index contributed by atoms with van der Waals surface area (Å²) >= 11 is 11.5. The first-order valence-corrected chi connectivity index (χ1v) is 7.75. The minimum atomic E-state index is -0.867. The molecule has 112 valence electrons. The topological polar surface area (TPSA) is 29.5 Å². The highest BCUT2D eigenvalue weighted by Crippen LogP contribution is 2.29. The fourth-order valence-electron chi connectivity index (χ4n) is 2.08. The molecule has 0 aromatic heterocycles. The summed E-state index contributed by atoms with van der Waals surface area (Å²) < 4.78 is 5.72. The molecule has 2 aromatic rings. The van der Waals surface area contributed by atoms with Crippen molar-refractivity contribution >= 4 is 23.2 Å². The van der Waals surface area contributed by atoms with E-state index in [2.05, 4.69) is 0 Å². The fraction of sp³-hybridized carbons (Fsp3) is 0.294. The summed E-state index contributed by atoms with van der Waals surface area (Å²) in [4.78, 5) is 0. The average molecular weight is 325 g/mol. The molecule has 2 nitrogen and oxygen atoms in total. The van der Waals surface area contributed by atoms with E-state index >= 15 is 0 Å². The van der Waals surface area contributed by atoms with Gasteiger partial charge in [0.25, 0.3) is 0 Å². The predicted molar refractivity (Wildman–Crippen MR) is 87.5 cm³/mol. The van der Waals surface area contributed by atoms with Crippen molar-refractivity contribution < 1.29 is 9.84 Å². The highest BCUT2D eigenvalue weighted by atomic mass is 35.5. The normalized spacial score (nSPS) is 13.7. The Morgan fingerprint density at radius 3 is 2.05 bits per heavy atom. The zero-order valence-corrected chi connectivity index (χ0v) is 13.4. The molecule has 0 aliphatic carbocycles. The van der Waals surface area contributed by atoms with Gasteiger partial charge in [-0.1, -0.05) is 23.7 Å². The van der Waals surface area contributed by atoms with Gasteiger partial charge in [0.1, 0.15) is 11.5 Å². The first kappa shape index (κ1) is 16.2. The molecule has 0 bridgehead atoms. The lowest BCUT2D eigenvalue weighted by Crippen LogP contribution is -2.21. The monoisotopic (exact) mass is 324 g/mol. The minimum absolute atomic E-state index is 0.550. The minimum Gasteiger partial charge on any atom is -0.457 e. The van der Waals surface area contributed by atoms with Gasteiger partial charge in [-0.3, -0.25) is 0 Å². The molecule has 0 aliphatic heterocycles. The Morgan fingerprint density at radius 2 is 1.52 bits per heavy atom. The number of hydrogen-bond acceptors (Lipinski definition) is 2. The van der Waals surface area contributed by atoms with E-state index in [4.69, 9.17) is 27.9 Å². The Hall–Kier alpha value is -1.22. The van der Waals surface area contributed by atoms with Crippen molar-refractivity contribution in [2.45, 2.75) is 25.4 Å². The zero-order chi connectivity index (χ0) is 15.3. The molecule has 1 N–H and O–H groups in total. The lowest BCUT2D eigenvalue weighted by molar-refractivity contribution is 0.0471. The van der Waals surface area contributed by atoms with Crippen LogP contribution in [0.25, 0.3) is 0 Å². The molecule has 0 saturated heterocycles. The van der Waals surface area contributed by atoms with E-state index in [1.165, 1.54) is 0 Å². The summed E-state index contributed by atoms with van der Waals surface area (Å²) in [7, 11) is 0. The van der Waals surface area contributed by atoms with Gasteiger partial charge in [-0.2, -0.15) is 0 Å². The fourth-order valence-corrected chi connectivity index (χ4v) is 2.34. The quantitative estimate of drug-likeness (QED) is 0.725. The Kier molecular flexibility index (Phi) is 5.51. The Morgan fingerprint density at radius 1 is 1.00 bits per heavy atom. The van der Waals surface area contributed by atoms with Crippen molar-refractivity contribution in [2.24, 2.45) is 0 Å². The summed E-state index contributed by atoms with van der Waals surface area (Å²) in [5.74, 6) is 1.99. The largest absolute Gasteiger partial charge is 0.457 e. The van der Waals surface area contributed by atoms with Gasteiger partial charge in [0, 0.05) is 10.9 Å². The maximum Gasteiger partial charge on any atom is 0.127 e. The Bertz CT molecular complexity index is 562. The highest BCUT2D eigenvalue weighted by Gasteiger charge is 2.22. The van der Waals surface area contributed by atoms with Crippen LogP contribution < -0.4 is 4.74 Å². The molecular formula is C17H18Cl2O2. The lowest BCUT2D eigenvalue weighted by atomic mass is 9.91. The molecule has 0 spiro atoms. The van der Waals surface area contributed by atoms with Gasteiger partial charge in [0.2, 0.25) is 0 Å². The van der Waals surface area contributed by atoms with Crippen LogP contribution in [0.3, 0.4) is 0 Å². The standard InChI is InChI=1S/C17H18Cl2O2/c1-17(20,11-2-12-18)13-3-7-15(8-4-13)21-16-9-5-14(19)6-10-16/h3-10,20H,2,11-12H2,1H3. The van der Waals surface area contributed by atoms with E-state index in [1.807, 2.05) is 36.4 Å². The molecule has 1 unspecified atom stereocenters. The molecule has 0 fully saturated rings. The van der Waals surface area contributed by atoms with Crippen molar-refractivity contribution in [3.8, 4) is 11.5 Å². The van der Waals surface area contributed by atoms with Crippen LogP contribution in [-0.4, -0.2) is 11.0 Å². The lowest BCUT2D eigenvalue weighted by Gasteiger charge is -2.23. The van der Waals surface area contributed by atoms with Gasteiger partial charge in [-0.05, 0) is 61.7 Å². The smallest absolute Gasteiger partial charge is 0.127 e. The maximum absolute atomic E-state index is 10.4. The zero-order valence-electron chi connectivity index (χ0n) is 11.9. The van der Waals surface area contributed by atoms with Gasteiger partial charge < -0.3 is 9.84 Å². The van der Waals surface area contributed by atoms with Gasteiger partial charge in [0.15, 0.2) is 0 Å². The van der Waals surface area contributed by atoms with Crippen LogP contribution >= 0.6 is 23.2 Å². The van der Waals surface area contributed by atoms with Crippen LogP contribution in [0, 0.1) is 0 Å². The number of hydrogen-bond donors (Lipinski definition) is 1. The van der Waals surface area contributed by atoms with E-state index in [-0.39, 0.29) is 0 Å². The van der Waals surface area contributed by atoms with Crippen LogP contribution in [0.4, 0.5) is 0 Å². The Balaban J connectivity index is 2.06. The first-order valence-electron chi connectivity index (χ1n) is 6.83. The third-order valence-electron chi connectivity index (χ3n) is 3.32. The highest BCUT2D eigenvalue weighted by molar-refractivity contribution is 6.30. The van der Waals surface area contributed by atoms with Crippen molar-refractivity contribution in [2.75, 3.05) is 5.88 Å². The molecule has 2 rings (SSSR count). The molecule has 0 heterocycles. The van der Waals surface area contributed by atoms with Crippen LogP contribution in [0.1, 0.15) is 25.3 Å². The van der Waals surface area contributed by atoms with Crippen LogP contribution in [-0.2, 0) is 5.60 Å². The number of aliphatic hydroxyl groups is 1. The number of ether oxygens (including phenoxy) is 1. The second-order valence-electron chi connectivity index (χ2n) is 5.15. The van der Waals surface area contributed by atoms with Crippen LogP contribution in [0.15, 0.2) is 48.5 Å². The van der Waals surface area contributed by atoms with Crippen molar-refractivity contribution in [3.05, 3.63) is 59.1 Å². The summed E-state index contributed by atoms with van der Waals surface area (Å²) in [5.41, 5.74) is -0.00989. The summed E-state index contributed by atoms with van der Waals surface area (Å²) in [6.07, 6.45) is 1.41. The molecule has 4 heteroatoms. The van der Waals surface area contributed by atoms with E-state index in [0.29, 0.717) is 23.1 Å². The third kappa shape index (κ3) is 4.63. The van der Waals surface area contributed by atoms with Gasteiger partial charge in [0.05, 0.1) is 5.60 Å². The number of rotatable bonds is 6. The third-order valence-corrected chi connectivity index (χ3v) is 3.84. The van der Waals surface area contributed by atoms with E-state index in [1.54, 1.807) is 19.1 Å². The van der Waals surface area contributed by atoms with E-state index in [0.717, 1.165) is 17.7 Å². The molecule has 1 atom stereocenters. The molecule has 21 heavy (non-hydrogen) atoms. The average Bonchev–Trinajstić information content (AvgIpc) is 2.48. The number of alkyl halides is 1. The van der Waals surface area contributed by atoms with E-state index < -0.39 is 5.60 Å². The molecule has 0 aliphatic rings. The molecule has 0 saturated carbocycles. The van der Waals surface area contributed by atoms with Gasteiger partial charge in [-0.25, -0.2) is 0 Å². The van der Waals surface area contributed by atoms with Crippen molar-refractivity contribution in [1.82, 2.24) is 0 Å². The summed E-state index contributed by atoms with van der Waals surface area (Å²) in [6.45, 7) is 1.80. The predicted octanol–water partition coefficient (Wildman–Crippen LogP) is 5.36. The first-order chi connectivity index (χ1) is 10.0. The summed E-state index contributed by atoms with van der Waals surface area (Å²) in [6, 6.07) is 14.6. The molecule has 0 amide bonds. The van der Waals surface area contributed by atoms with E-state index in [9.17, 15) is 5.11 Å². The van der Waals surface area contributed by atoms with Crippen molar-refractivity contribution in [1.29, 1.82) is 0 Å².